The lowest BCUT2D eigenvalue weighted by molar-refractivity contribution is -0.142. The molecule has 2 amide bonds. The van der Waals surface area contributed by atoms with E-state index in [9.17, 15) is 14.0 Å². The maximum absolute atomic E-state index is 13.9. The van der Waals surface area contributed by atoms with Crippen molar-refractivity contribution in [3.05, 3.63) is 65.0 Å². The number of benzene rings is 2. The molecule has 1 aliphatic heterocycles. The largest absolute Gasteiger partial charge is 0.496 e. The summed E-state index contributed by atoms with van der Waals surface area (Å²) < 4.78 is 19.3. The Morgan fingerprint density at radius 1 is 1.06 bits per heavy atom. The molecule has 2 unspecified atom stereocenters. The van der Waals surface area contributed by atoms with E-state index in [1.54, 1.807) is 20.1 Å². The molecule has 1 N–H and O–H groups in total. The summed E-state index contributed by atoms with van der Waals surface area (Å²) >= 11 is 0. The van der Waals surface area contributed by atoms with Gasteiger partial charge in [-0.3, -0.25) is 9.59 Å². The van der Waals surface area contributed by atoms with Crippen molar-refractivity contribution in [2.24, 2.45) is 11.8 Å². The Kier molecular flexibility index (Phi) is 7.86. The molecule has 6 heteroatoms. The lowest BCUT2D eigenvalue weighted by atomic mass is 9.86. The Balaban J connectivity index is 1.43. The zero-order chi connectivity index (χ0) is 24.1. The summed E-state index contributed by atoms with van der Waals surface area (Å²) in [4.78, 5) is 28.4. The van der Waals surface area contributed by atoms with Gasteiger partial charge in [0.1, 0.15) is 11.6 Å². The summed E-state index contributed by atoms with van der Waals surface area (Å²) in [6.45, 7) is 2.69. The van der Waals surface area contributed by atoms with Crippen LogP contribution in [0.25, 0.3) is 0 Å². The summed E-state index contributed by atoms with van der Waals surface area (Å²) in [5.74, 6) is 0.529. The molecule has 2 fully saturated rings. The summed E-state index contributed by atoms with van der Waals surface area (Å²) in [5, 5.41) is 3.07. The number of piperidine rings is 1. The molecular formula is C28H35FN2O3. The van der Waals surface area contributed by atoms with Crippen LogP contribution in [0.15, 0.2) is 42.5 Å². The van der Waals surface area contributed by atoms with Gasteiger partial charge in [0.25, 0.3) is 0 Å². The fraction of sp³-hybridized carbons (Fsp3) is 0.500. The predicted molar refractivity (Wildman–Crippen MR) is 130 cm³/mol. The van der Waals surface area contributed by atoms with Crippen molar-refractivity contribution in [1.29, 1.82) is 0 Å². The van der Waals surface area contributed by atoms with Crippen molar-refractivity contribution in [3.63, 3.8) is 0 Å². The molecular weight excluding hydrogens is 431 g/mol. The number of halogens is 1. The second-order valence-electron chi connectivity index (χ2n) is 9.62. The molecule has 0 bridgehead atoms. The van der Waals surface area contributed by atoms with Crippen LogP contribution in [0.1, 0.15) is 61.3 Å². The molecule has 0 radical (unpaired) electrons. The number of nitrogens with one attached hydrogen (secondary N) is 1. The van der Waals surface area contributed by atoms with Crippen molar-refractivity contribution < 1.29 is 18.7 Å². The molecule has 1 heterocycles. The molecule has 4 rings (SSSR count). The number of hydrogen-bond acceptors (Lipinski definition) is 3. The topological polar surface area (TPSA) is 58.6 Å². The summed E-state index contributed by atoms with van der Waals surface area (Å²) in [6, 6.07) is 12.8. The van der Waals surface area contributed by atoms with Crippen LogP contribution in [-0.4, -0.2) is 36.9 Å². The molecule has 182 valence electrons. The molecule has 1 saturated carbocycles. The molecule has 2 aliphatic rings. The van der Waals surface area contributed by atoms with Crippen molar-refractivity contribution in [3.8, 4) is 5.75 Å². The van der Waals surface area contributed by atoms with Gasteiger partial charge in [0, 0.05) is 19.0 Å². The van der Waals surface area contributed by atoms with E-state index in [-0.39, 0.29) is 35.5 Å². The maximum Gasteiger partial charge on any atom is 0.226 e. The molecule has 34 heavy (non-hydrogen) atoms. The van der Waals surface area contributed by atoms with Crippen LogP contribution in [0.2, 0.25) is 0 Å². The van der Waals surface area contributed by atoms with Crippen LogP contribution >= 0.6 is 0 Å². The number of ether oxygens (including phenoxy) is 1. The van der Waals surface area contributed by atoms with Gasteiger partial charge >= 0.3 is 0 Å². The average Bonchev–Trinajstić information content (AvgIpc) is 3.40. The van der Waals surface area contributed by atoms with Crippen molar-refractivity contribution in [1.82, 2.24) is 10.2 Å². The lowest BCUT2D eigenvalue weighted by Gasteiger charge is -2.41. The number of para-hydroxylation sites is 1. The number of carbonyl (C=O) groups excluding carboxylic acids is 2. The molecule has 0 aromatic heterocycles. The normalized spacial score (nSPS) is 20.9. The van der Waals surface area contributed by atoms with E-state index in [4.69, 9.17) is 4.74 Å². The summed E-state index contributed by atoms with van der Waals surface area (Å²) in [6.07, 6.45) is 6.09. The van der Waals surface area contributed by atoms with Gasteiger partial charge in [-0.25, -0.2) is 4.39 Å². The number of nitrogens with zero attached hydrogens (tertiary/aromatic N) is 1. The van der Waals surface area contributed by atoms with Gasteiger partial charge in [-0.1, -0.05) is 43.2 Å². The number of rotatable bonds is 7. The Labute approximate surface area is 201 Å². The van der Waals surface area contributed by atoms with Crippen molar-refractivity contribution >= 4 is 11.8 Å². The number of carbonyl (C=O) groups is 2. The number of aryl methyl sites for hydroxylation is 1. The van der Waals surface area contributed by atoms with Crippen LogP contribution in [0, 0.1) is 24.6 Å². The fourth-order valence-corrected chi connectivity index (χ4v) is 5.43. The lowest BCUT2D eigenvalue weighted by Crippen LogP contribution is -2.48. The second kappa shape index (κ2) is 11.0. The van der Waals surface area contributed by atoms with E-state index < -0.39 is 0 Å². The van der Waals surface area contributed by atoms with E-state index in [0.717, 1.165) is 42.6 Å². The smallest absolute Gasteiger partial charge is 0.226 e. The standard InChI is InChI=1S/C28H35FN2O3/c1-19-17-22(11-13-24(19)29)25-14-12-23(18-31(25)28(33)21-8-3-4-9-21)27(32)30-16-15-20-7-5-6-10-26(20)34-2/h5-7,10-11,13,17,21,23,25H,3-4,8-9,12,14-16,18H2,1-2H3,(H,30,32). The van der Waals surface area contributed by atoms with Crippen LogP contribution in [0.5, 0.6) is 5.75 Å². The van der Waals surface area contributed by atoms with Crippen LogP contribution in [0.3, 0.4) is 0 Å². The minimum absolute atomic E-state index is 0.00661. The first-order chi connectivity index (χ1) is 16.5. The molecule has 1 saturated heterocycles. The SMILES string of the molecule is COc1ccccc1CCNC(=O)C1CCC(c2ccc(F)c(C)c2)N(C(=O)C2CCCC2)C1. The Morgan fingerprint density at radius 3 is 2.56 bits per heavy atom. The highest BCUT2D eigenvalue weighted by atomic mass is 19.1. The molecule has 1 aliphatic carbocycles. The molecule has 2 aromatic rings. The van der Waals surface area contributed by atoms with Crippen LogP contribution < -0.4 is 10.1 Å². The number of methoxy groups -OCH3 is 1. The van der Waals surface area contributed by atoms with E-state index >= 15 is 0 Å². The number of hydrogen-bond donors (Lipinski definition) is 1. The van der Waals surface area contributed by atoms with Gasteiger partial charge < -0.3 is 15.0 Å². The van der Waals surface area contributed by atoms with Gasteiger partial charge in [-0.2, -0.15) is 0 Å². The minimum Gasteiger partial charge on any atom is -0.496 e. The predicted octanol–water partition coefficient (Wildman–Crippen LogP) is 4.97. The van der Waals surface area contributed by atoms with E-state index in [2.05, 4.69) is 5.32 Å². The minimum atomic E-state index is -0.236. The van der Waals surface area contributed by atoms with Crippen LogP contribution in [-0.2, 0) is 16.0 Å². The number of likely N-dealkylation sites (tertiary alicyclic amines) is 1. The maximum atomic E-state index is 13.9. The summed E-state index contributed by atoms with van der Waals surface area (Å²) in [7, 11) is 1.65. The zero-order valence-corrected chi connectivity index (χ0v) is 20.2. The fourth-order valence-electron chi connectivity index (χ4n) is 5.43. The molecule has 2 aromatic carbocycles. The van der Waals surface area contributed by atoms with Gasteiger partial charge in [0.05, 0.1) is 19.1 Å². The third kappa shape index (κ3) is 5.43. The van der Waals surface area contributed by atoms with Crippen molar-refractivity contribution in [2.45, 2.75) is 57.9 Å². The quantitative estimate of drug-likeness (QED) is 0.627. The van der Waals surface area contributed by atoms with Gasteiger partial charge in [0.2, 0.25) is 11.8 Å². The molecule has 2 atom stereocenters. The Hall–Kier alpha value is -2.89. The zero-order valence-electron chi connectivity index (χ0n) is 20.2. The Morgan fingerprint density at radius 2 is 1.82 bits per heavy atom. The third-order valence-corrected chi connectivity index (χ3v) is 7.39. The monoisotopic (exact) mass is 466 g/mol. The van der Waals surface area contributed by atoms with Crippen molar-refractivity contribution in [2.75, 3.05) is 20.2 Å². The molecule has 0 spiro atoms. The van der Waals surface area contributed by atoms with Gasteiger partial charge in [-0.15, -0.1) is 0 Å². The third-order valence-electron chi connectivity index (χ3n) is 7.39. The van der Waals surface area contributed by atoms with E-state index in [0.29, 0.717) is 37.9 Å². The average molecular weight is 467 g/mol. The summed E-state index contributed by atoms with van der Waals surface area (Å²) in [5.41, 5.74) is 2.60. The van der Waals surface area contributed by atoms with Crippen LogP contribution in [0.4, 0.5) is 4.39 Å². The molecule has 5 nitrogen and oxygen atoms in total. The van der Waals surface area contributed by atoms with E-state index in [1.807, 2.05) is 35.2 Å². The second-order valence-corrected chi connectivity index (χ2v) is 9.62. The first-order valence-electron chi connectivity index (χ1n) is 12.4. The highest BCUT2D eigenvalue weighted by molar-refractivity contribution is 5.83. The van der Waals surface area contributed by atoms with E-state index in [1.165, 1.54) is 6.07 Å². The van der Waals surface area contributed by atoms with Gasteiger partial charge in [0.15, 0.2) is 0 Å². The first kappa shape index (κ1) is 24.2. The highest BCUT2D eigenvalue weighted by Gasteiger charge is 2.38. The highest BCUT2D eigenvalue weighted by Crippen LogP contribution is 2.37. The van der Waals surface area contributed by atoms with Gasteiger partial charge in [-0.05, 0) is 67.9 Å². The Bertz CT molecular complexity index is 1020. The number of amides is 2. The first-order valence-corrected chi connectivity index (χ1v) is 12.4.